The Morgan fingerprint density at radius 2 is 1.16 bits per heavy atom. The summed E-state index contributed by atoms with van der Waals surface area (Å²) in [7, 11) is 0. The lowest BCUT2D eigenvalue weighted by Crippen LogP contribution is -1.86. The summed E-state index contributed by atoms with van der Waals surface area (Å²) < 4.78 is 0. The van der Waals surface area contributed by atoms with E-state index in [1.807, 2.05) is 0 Å². The Kier molecular flexibility index (Phi) is 7.61. The average molecular weight is 375 g/mol. The molecule has 0 fully saturated rings. The maximum atomic E-state index is 2.54. The van der Waals surface area contributed by atoms with Crippen molar-refractivity contribution in [3.8, 4) is 9.75 Å². The first kappa shape index (κ1) is 19.2. The van der Waals surface area contributed by atoms with Crippen molar-refractivity contribution in [2.24, 2.45) is 0 Å². The molecule has 0 radical (unpaired) electrons. The maximum Gasteiger partial charge on any atom is 0.0480 e. The normalized spacial score (nSPS) is 13.5. The molecule has 2 aromatic heterocycles. The predicted molar refractivity (Wildman–Crippen MR) is 115 cm³/mol. The summed E-state index contributed by atoms with van der Waals surface area (Å²) in [4.78, 5) is 6.52. The highest BCUT2D eigenvalue weighted by atomic mass is 32.1. The second kappa shape index (κ2) is 9.92. The van der Waals surface area contributed by atoms with Crippen molar-refractivity contribution in [2.45, 2.75) is 97.3 Å². The lowest BCUT2D eigenvalue weighted by molar-refractivity contribution is 0.670. The van der Waals surface area contributed by atoms with Crippen LogP contribution in [0.4, 0.5) is 0 Å². The summed E-state index contributed by atoms with van der Waals surface area (Å²) in [6.07, 6.45) is 17.5. The molecule has 0 spiro atoms. The smallest absolute Gasteiger partial charge is 0.0480 e. The molecule has 138 valence electrons. The molecule has 2 heterocycles. The van der Waals surface area contributed by atoms with Gasteiger partial charge in [0, 0.05) is 19.5 Å². The van der Waals surface area contributed by atoms with Crippen molar-refractivity contribution in [2.75, 3.05) is 0 Å². The van der Waals surface area contributed by atoms with Gasteiger partial charge in [-0.15, -0.1) is 22.7 Å². The molecule has 2 heteroatoms. The minimum atomic E-state index is 1.29. The van der Waals surface area contributed by atoms with E-state index in [9.17, 15) is 0 Å². The van der Waals surface area contributed by atoms with E-state index in [4.69, 9.17) is 0 Å². The fraction of sp³-hybridized carbons (Fsp3) is 0.652. The lowest BCUT2D eigenvalue weighted by Gasteiger charge is -1.98. The van der Waals surface area contributed by atoms with Crippen molar-refractivity contribution in [3.05, 3.63) is 33.0 Å². The van der Waals surface area contributed by atoms with Crippen LogP contribution in [0.25, 0.3) is 9.75 Å². The van der Waals surface area contributed by atoms with Gasteiger partial charge in [-0.1, -0.05) is 52.4 Å². The number of hydrogen-bond donors (Lipinski definition) is 0. The first-order valence-electron chi connectivity index (χ1n) is 10.5. The van der Waals surface area contributed by atoms with E-state index >= 15 is 0 Å². The zero-order chi connectivity index (χ0) is 17.5. The van der Waals surface area contributed by atoms with Gasteiger partial charge in [0.25, 0.3) is 0 Å². The van der Waals surface area contributed by atoms with E-state index in [0.717, 1.165) is 0 Å². The molecule has 0 unspecified atom stereocenters. The molecule has 0 N–H and O–H groups in total. The standard InChI is InChI=1S/C23H34S2/c1-3-5-7-9-14-20-16-18-12-11-13-19-17-21(15-10-8-6-4-2)25-23(19)22(18)24-20/h16-17H,3-15H2,1-2H3. The molecular weight excluding hydrogens is 340 g/mol. The Hall–Kier alpha value is -0.600. The zero-order valence-electron chi connectivity index (χ0n) is 16.2. The van der Waals surface area contributed by atoms with E-state index in [-0.39, 0.29) is 0 Å². The van der Waals surface area contributed by atoms with Gasteiger partial charge in [0.1, 0.15) is 0 Å². The number of aryl methyl sites for hydroxylation is 4. The third-order valence-corrected chi connectivity index (χ3v) is 8.01. The maximum absolute atomic E-state index is 2.54. The number of fused-ring (bicyclic) bond motifs is 3. The van der Waals surface area contributed by atoms with Gasteiger partial charge in [-0.25, -0.2) is 0 Å². The van der Waals surface area contributed by atoms with Crippen molar-refractivity contribution >= 4 is 22.7 Å². The highest BCUT2D eigenvalue weighted by Gasteiger charge is 2.20. The van der Waals surface area contributed by atoms with Crippen LogP contribution in [0, 0.1) is 0 Å². The van der Waals surface area contributed by atoms with Crippen molar-refractivity contribution < 1.29 is 0 Å². The van der Waals surface area contributed by atoms with Gasteiger partial charge in [-0.3, -0.25) is 0 Å². The number of thiophene rings is 2. The average Bonchev–Trinajstić information content (AvgIpc) is 3.16. The quantitative estimate of drug-likeness (QED) is 0.367. The van der Waals surface area contributed by atoms with Gasteiger partial charge in [0.15, 0.2) is 0 Å². The fourth-order valence-electron chi connectivity index (χ4n) is 3.90. The topological polar surface area (TPSA) is 0 Å². The van der Waals surface area contributed by atoms with Crippen molar-refractivity contribution in [1.29, 1.82) is 0 Å². The SMILES string of the molecule is CCCCCCc1cc2c(s1)-c1sc(CCCCCC)cc1CCC2. The first-order valence-corrected chi connectivity index (χ1v) is 12.2. The predicted octanol–water partition coefficient (Wildman–Crippen LogP) is 8.21. The van der Waals surface area contributed by atoms with Gasteiger partial charge in [-0.05, 0) is 68.2 Å². The third-order valence-electron chi connectivity index (χ3n) is 5.37. The van der Waals surface area contributed by atoms with E-state index < -0.39 is 0 Å². The van der Waals surface area contributed by atoms with E-state index in [2.05, 4.69) is 48.7 Å². The molecule has 0 bridgehead atoms. The van der Waals surface area contributed by atoms with Crippen molar-refractivity contribution in [3.63, 3.8) is 0 Å². The Bertz CT molecular complexity index is 591. The Morgan fingerprint density at radius 1 is 0.680 bits per heavy atom. The molecule has 0 amide bonds. The van der Waals surface area contributed by atoms with E-state index in [0.29, 0.717) is 0 Å². The monoisotopic (exact) mass is 374 g/mol. The minimum absolute atomic E-state index is 1.29. The van der Waals surface area contributed by atoms with Crippen molar-refractivity contribution in [1.82, 2.24) is 0 Å². The molecule has 1 aliphatic carbocycles. The minimum Gasteiger partial charge on any atom is -0.139 e. The second-order valence-electron chi connectivity index (χ2n) is 7.61. The van der Waals surface area contributed by atoms with Crippen LogP contribution in [0.3, 0.4) is 0 Å². The van der Waals surface area contributed by atoms with Crippen LogP contribution in [0.5, 0.6) is 0 Å². The number of hydrogen-bond acceptors (Lipinski definition) is 2. The number of unbranched alkanes of at least 4 members (excludes halogenated alkanes) is 6. The summed E-state index contributed by atoms with van der Waals surface area (Å²) >= 11 is 4.21. The van der Waals surface area contributed by atoms with Crippen LogP contribution >= 0.6 is 22.7 Å². The lowest BCUT2D eigenvalue weighted by atomic mass is 10.1. The zero-order valence-corrected chi connectivity index (χ0v) is 17.8. The molecule has 0 saturated heterocycles. The summed E-state index contributed by atoms with van der Waals surface area (Å²) in [6, 6.07) is 5.09. The highest BCUT2D eigenvalue weighted by Crippen LogP contribution is 2.43. The Morgan fingerprint density at radius 3 is 1.60 bits per heavy atom. The van der Waals surface area contributed by atoms with Gasteiger partial charge >= 0.3 is 0 Å². The molecule has 0 saturated carbocycles. The molecule has 2 aromatic rings. The van der Waals surface area contributed by atoms with Gasteiger partial charge in [0.05, 0.1) is 0 Å². The molecule has 0 aliphatic heterocycles. The molecule has 0 aromatic carbocycles. The molecule has 0 nitrogen and oxygen atoms in total. The van der Waals surface area contributed by atoms with Crippen LogP contribution in [0.15, 0.2) is 12.1 Å². The summed E-state index contributed by atoms with van der Waals surface area (Å²) in [5.41, 5.74) is 3.29. The van der Waals surface area contributed by atoms with E-state index in [1.165, 1.54) is 83.5 Å². The fourth-order valence-corrected chi connectivity index (χ4v) is 6.60. The highest BCUT2D eigenvalue weighted by molar-refractivity contribution is 7.22. The molecule has 3 rings (SSSR count). The van der Waals surface area contributed by atoms with Crippen LogP contribution in [-0.2, 0) is 25.7 Å². The summed E-state index contributed by atoms with van der Waals surface area (Å²) in [6.45, 7) is 4.59. The van der Waals surface area contributed by atoms with Crippen LogP contribution in [-0.4, -0.2) is 0 Å². The molecule has 1 aliphatic rings. The van der Waals surface area contributed by atoms with Gasteiger partial charge < -0.3 is 0 Å². The second-order valence-corrected chi connectivity index (χ2v) is 9.88. The largest absolute Gasteiger partial charge is 0.139 e. The van der Waals surface area contributed by atoms with Gasteiger partial charge in [-0.2, -0.15) is 0 Å². The summed E-state index contributed by atoms with van der Waals surface area (Å²) in [5.74, 6) is 0. The Labute approximate surface area is 162 Å². The Balaban J connectivity index is 1.69. The first-order chi connectivity index (χ1) is 12.3. The molecular formula is C23H34S2. The van der Waals surface area contributed by atoms with Gasteiger partial charge in [0.2, 0.25) is 0 Å². The molecule has 25 heavy (non-hydrogen) atoms. The van der Waals surface area contributed by atoms with Crippen LogP contribution in [0.1, 0.15) is 92.5 Å². The number of rotatable bonds is 10. The van der Waals surface area contributed by atoms with E-state index in [1.54, 1.807) is 30.6 Å². The van der Waals surface area contributed by atoms with Crippen LogP contribution in [0.2, 0.25) is 0 Å². The third kappa shape index (κ3) is 5.20. The molecule has 0 atom stereocenters. The van der Waals surface area contributed by atoms with Crippen LogP contribution < -0.4 is 0 Å². The summed E-state index contributed by atoms with van der Waals surface area (Å²) in [5, 5.41) is 0.